The van der Waals surface area contributed by atoms with Crippen LogP contribution in [0.2, 0.25) is 0 Å². The largest absolute Gasteiger partial charge is 0.329 e. The number of likely N-dealkylation sites (tertiary alicyclic amines) is 1. The summed E-state index contributed by atoms with van der Waals surface area (Å²) in [5, 5.41) is 0. The number of rotatable bonds is 4. The van der Waals surface area contributed by atoms with E-state index in [-0.39, 0.29) is 0 Å². The van der Waals surface area contributed by atoms with Gasteiger partial charge in [0.2, 0.25) is 0 Å². The Morgan fingerprint density at radius 1 is 1.12 bits per heavy atom. The smallest absolute Gasteiger partial charge is 0.0223 e. The highest BCUT2D eigenvalue weighted by Crippen LogP contribution is 2.30. The predicted octanol–water partition coefficient (Wildman–Crippen LogP) is 2.77. The highest BCUT2D eigenvalue weighted by molar-refractivity contribution is 4.85. The molecule has 1 aliphatic heterocycles. The fourth-order valence-electron chi connectivity index (χ4n) is 3.67. The van der Waals surface area contributed by atoms with Crippen LogP contribution in [-0.4, -0.2) is 30.1 Å². The number of hydrogen-bond acceptors (Lipinski definition) is 2. The minimum absolute atomic E-state index is 0.667. The summed E-state index contributed by atoms with van der Waals surface area (Å²) in [6.07, 6.45) is 11.4. The van der Waals surface area contributed by atoms with Gasteiger partial charge in [-0.05, 0) is 38.6 Å². The van der Waals surface area contributed by atoms with Gasteiger partial charge in [-0.3, -0.25) is 4.90 Å². The molecular weight excluding hydrogens is 196 g/mol. The zero-order chi connectivity index (χ0) is 11.4. The molecule has 0 aromatic rings. The molecule has 2 nitrogen and oxygen atoms in total. The molecule has 1 aliphatic carbocycles. The summed E-state index contributed by atoms with van der Waals surface area (Å²) in [5.74, 6) is 0.968. The standard InChI is InChI=1S/C14H28N2/c1-12-6-5-9-16(12)14(11-15)10-13-7-3-2-4-8-13/h12-14H,2-11,15H2,1H3. The van der Waals surface area contributed by atoms with Crippen molar-refractivity contribution in [1.29, 1.82) is 0 Å². The third-order valence-electron chi connectivity index (χ3n) is 4.68. The summed E-state index contributed by atoms with van der Waals surface area (Å²) >= 11 is 0. The highest BCUT2D eigenvalue weighted by Gasteiger charge is 2.28. The van der Waals surface area contributed by atoms with Gasteiger partial charge >= 0.3 is 0 Å². The molecule has 1 saturated carbocycles. The molecular formula is C14H28N2. The second-order valence-electron chi connectivity index (χ2n) is 5.86. The van der Waals surface area contributed by atoms with Crippen molar-refractivity contribution in [3.8, 4) is 0 Å². The van der Waals surface area contributed by atoms with Gasteiger partial charge in [0, 0.05) is 18.6 Å². The minimum Gasteiger partial charge on any atom is -0.329 e. The van der Waals surface area contributed by atoms with Crippen LogP contribution in [0.15, 0.2) is 0 Å². The van der Waals surface area contributed by atoms with E-state index in [0.717, 1.165) is 18.5 Å². The number of nitrogens with zero attached hydrogens (tertiary/aromatic N) is 1. The molecule has 2 unspecified atom stereocenters. The molecule has 2 fully saturated rings. The van der Waals surface area contributed by atoms with E-state index in [4.69, 9.17) is 5.73 Å². The van der Waals surface area contributed by atoms with Crippen LogP contribution in [0.1, 0.15) is 58.3 Å². The van der Waals surface area contributed by atoms with Crippen LogP contribution >= 0.6 is 0 Å². The number of nitrogens with two attached hydrogens (primary N) is 1. The molecule has 0 radical (unpaired) electrons. The van der Waals surface area contributed by atoms with Crippen molar-refractivity contribution in [2.45, 2.75) is 70.4 Å². The molecule has 2 atom stereocenters. The van der Waals surface area contributed by atoms with Crippen LogP contribution in [-0.2, 0) is 0 Å². The van der Waals surface area contributed by atoms with Crippen molar-refractivity contribution in [1.82, 2.24) is 4.90 Å². The van der Waals surface area contributed by atoms with Crippen molar-refractivity contribution in [3.63, 3.8) is 0 Å². The van der Waals surface area contributed by atoms with E-state index >= 15 is 0 Å². The predicted molar refractivity (Wildman–Crippen MR) is 69.4 cm³/mol. The lowest BCUT2D eigenvalue weighted by molar-refractivity contribution is 0.154. The molecule has 0 spiro atoms. The molecule has 0 aromatic carbocycles. The summed E-state index contributed by atoms with van der Waals surface area (Å²) in [4.78, 5) is 2.68. The molecule has 2 aliphatic rings. The van der Waals surface area contributed by atoms with Crippen molar-refractivity contribution >= 4 is 0 Å². The summed E-state index contributed by atoms with van der Waals surface area (Å²) in [7, 11) is 0. The minimum atomic E-state index is 0.667. The van der Waals surface area contributed by atoms with Gasteiger partial charge in [0.25, 0.3) is 0 Å². The van der Waals surface area contributed by atoms with Gasteiger partial charge in [-0.25, -0.2) is 0 Å². The van der Waals surface area contributed by atoms with Crippen molar-refractivity contribution < 1.29 is 0 Å². The Kier molecular flexibility index (Phi) is 4.66. The topological polar surface area (TPSA) is 29.3 Å². The highest BCUT2D eigenvalue weighted by atomic mass is 15.2. The third-order valence-corrected chi connectivity index (χ3v) is 4.68. The lowest BCUT2D eigenvalue weighted by atomic mass is 9.84. The monoisotopic (exact) mass is 224 g/mol. The summed E-state index contributed by atoms with van der Waals surface area (Å²) < 4.78 is 0. The first-order chi connectivity index (χ1) is 7.81. The lowest BCUT2D eigenvalue weighted by Gasteiger charge is -2.34. The molecule has 1 heterocycles. The maximum atomic E-state index is 5.99. The van der Waals surface area contributed by atoms with Crippen LogP contribution in [0.3, 0.4) is 0 Å². The van der Waals surface area contributed by atoms with Crippen LogP contribution in [0, 0.1) is 5.92 Å². The average Bonchev–Trinajstić information content (AvgIpc) is 2.74. The molecule has 1 saturated heterocycles. The maximum absolute atomic E-state index is 5.99. The molecule has 0 amide bonds. The van der Waals surface area contributed by atoms with Crippen LogP contribution in [0.25, 0.3) is 0 Å². The maximum Gasteiger partial charge on any atom is 0.0223 e. The Morgan fingerprint density at radius 2 is 1.88 bits per heavy atom. The van der Waals surface area contributed by atoms with E-state index in [1.165, 1.54) is 57.9 Å². The Balaban J connectivity index is 1.84. The van der Waals surface area contributed by atoms with Crippen molar-refractivity contribution in [2.24, 2.45) is 11.7 Å². The van der Waals surface area contributed by atoms with Crippen LogP contribution < -0.4 is 5.73 Å². The Hall–Kier alpha value is -0.0800. The molecule has 2 rings (SSSR count). The van der Waals surface area contributed by atoms with Gasteiger partial charge in [0.1, 0.15) is 0 Å². The van der Waals surface area contributed by atoms with E-state index in [1.54, 1.807) is 0 Å². The molecule has 16 heavy (non-hydrogen) atoms. The van der Waals surface area contributed by atoms with Crippen LogP contribution in [0.4, 0.5) is 0 Å². The van der Waals surface area contributed by atoms with Gasteiger partial charge in [0.05, 0.1) is 0 Å². The first-order valence-corrected chi connectivity index (χ1v) is 7.27. The van der Waals surface area contributed by atoms with Crippen molar-refractivity contribution in [3.05, 3.63) is 0 Å². The van der Waals surface area contributed by atoms with E-state index in [2.05, 4.69) is 11.8 Å². The zero-order valence-corrected chi connectivity index (χ0v) is 10.8. The quantitative estimate of drug-likeness (QED) is 0.795. The third kappa shape index (κ3) is 2.98. The van der Waals surface area contributed by atoms with Gasteiger partial charge in [-0.15, -0.1) is 0 Å². The number of hydrogen-bond donors (Lipinski definition) is 1. The first kappa shape index (κ1) is 12.4. The molecule has 2 heteroatoms. The van der Waals surface area contributed by atoms with Crippen LogP contribution in [0.5, 0.6) is 0 Å². The van der Waals surface area contributed by atoms with Gasteiger partial charge in [-0.1, -0.05) is 32.1 Å². The second-order valence-corrected chi connectivity index (χ2v) is 5.86. The SMILES string of the molecule is CC1CCCN1C(CN)CC1CCCCC1. The van der Waals surface area contributed by atoms with Crippen molar-refractivity contribution in [2.75, 3.05) is 13.1 Å². The summed E-state index contributed by atoms with van der Waals surface area (Å²) in [6.45, 7) is 4.52. The van der Waals surface area contributed by atoms with E-state index in [1.807, 2.05) is 0 Å². The van der Waals surface area contributed by atoms with E-state index < -0.39 is 0 Å². The summed E-state index contributed by atoms with van der Waals surface area (Å²) in [5.41, 5.74) is 5.99. The normalized spacial score (nSPS) is 30.8. The first-order valence-electron chi connectivity index (χ1n) is 7.27. The molecule has 94 valence electrons. The summed E-state index contributed by atoms with van der Waals surface area (Å²) in [6, 6.07) is 1.44. The van der Waals surface area contributed by atoms with E-state index in [0.29, 0.717) is 6.04 Å². The Morgan fingerprint density at radius 3 is 2.44 bits per heavy atom. The Labute approximate surface area is 101 Å². The molecule has 0 bridgehead atoms. The second kappa shape index (κ2) is 6.02. The Bertz CT molecular complexity index is 199. The zero-order valence-electron chi connectivity index (χ0n) is 10.8. The molecule has 0 aromatic heterocycles. The van der Waals surface area contributed by atoms with E-state index in [9.17, 15) is 0 Å². The fraction of sp³-hybridized carbons (Fsp3) is 1.00. The van der Waals surface area contributed by atoms with Gasteiger partial charge < -0.3 is 5.73 Å². The lowest BCUT2D eigenvalue weighted by Crippen LogP contribution is -2.43. The average molecular weight is 224 g/mol. The molecule has 2 N–H and O–H groups in total. The fourth-order valence-corrected chi connectivity index (χ4v) is 3.67. The van der Waals surface area contributed by atoms with Gasteiger partial charge in [-0.2, -0.15) is 0 Å². The van der Waals surface area contributed by atoms with Gasteiger partial charge in [0.15, 0.2) is 0 Å².